The summed E-state index contributed by atoms with van der Waals surface area (Å²) in [6.07, 6.45) is 3.62. The second-order valence-electron chi connectivity index (χ2n) is 9.09. The van der Waals surface area contributed by atoms with Gasteiger partial charge in [0, 0.05) is 19.5 Å². The van der Waals surface area contributed by atoms with E-state index in [1.807, 2.05) is 30.3 Å². The van der Waals surface area contributed by atoms with Crippen molar-refractivity contribution in [2.75, 3.05) is 11.4 Å². The molecule has 2 aromatic carbocycles. The second kappa shape index (κ2) is 8.81. The van der Waals surface area contributed by atoms with Crippen LogP contribution in [0.15, 0.2) is 54.6 Å². The summed E-state index contributed by atoms with van der Waals surface area (Å²) in [4.78, 5) is 53.5. The molecule has 0 radical (unpaired) electrons. The van der Waals surface area contributed by atoms with Gasteiger partial charge in [-0.25, -0.2) is 0 Å². The van der Waals surface area contributed by atoms with Gasteiger partial charge in [0.25, 0.3) is 0 Å². The van der Waals surface area contributed by atoms with Gasteiger partial charge in [0.2, 0.25) is 17.7 Å². The number of carbonyl (C=O) groups is 4. The Labute approximate surface area is 192 Å². The lowest BCUT2D eigenvalue weighted by atomic mass is 9.81. The molecule has 3 fully saturated rings. The maximum absolute atomic E-state index is 12.8. The van der Waals surface area contributed by atoms with Gasteiger partial charge >= 0.3 is 5.97 Å². The van der Waals surface area contributed by atoms with Gasteiger partial charge < -0.3 is 9.64 Å². The predicted molar refractivity (Wildman–Crippen MR) is 120 cm³/mol. The molecule has 0 N–H and O–H groups in total. The number of imide groups is 1. The van der Waals surface area contributed by atoms with Crippen LogP contribution in [0.25, 0.3) is 0 Å². The third-order valence-electron chi connectivity index (χ3n) is 6.92. The summed E-state index contributed by atoms with van der Waals surface area (Å²) < 4.78 is 5.50. The number of ether oxygens (including phenoxy) is 1. The highest BCUT2D eigenvalue weighted by atomic mass is 16.5. The van der Waals surface area contributed by atoms with Gasteiger partial charge in [0.1, 0.15) is 5.75 Å². The number of amides is 3. The van der Waals surface area contributed by atoms with Crippen molar-refractivity contribution in [3.05, 3.63) is 60.2 Å². The Kier molecular flexibility index (Phi) is 5.70. The van der Waals surface area contributed by atoms with Crippen molar-refractivity contribution >= 4 is 29.4 Å². The van der Waals surface area contributed by atoms with Gasteiger partial charge in [-0.3, -0.25) is 24.1 Å². The summed E-state index contributed by atoms with van der Waals surface area (Å²) in [7, 11) is 0. The van der Waals surface area contributed by atoms with Gasteiger partial charge in [-0.1, -0.05) is 43.2 Å². The Balaban J connectivity index is 1.21. The number of hydrogen-bond acceptors (Lipinski definition) is 5. The van der Waals surface area contributed by atoms with Gasteiger partial charge in [0.15, 0.2) is 0 Å². The Morgan fingerprint density at radius 1 is 0.879 bits per heavy atom. The van der Waals surface area contributed by atoms with E-state index in [1.165, 1.54) is 4.90 Å². The number of benzene rings is 2. The van der Waals surface area contributed by atoms with Gasteiger partial charge in [-0.15, -0.1) is 0 Å². The van der Waals surface area contributed by atoms with Crippen LogP contribution in [-0.2, 0) is 25.7 Å². The molecule has 3 aliphatic rings. The Morgan fingerprint density at radius 3 is 2.15 bits per heavy atom. The molecule has 2 aromatic rings. The van der Waals surface area contributed by atoms with E-state index in [1.54, 1.807) is 29.2 Å². The van der Waals surface area contributed by atoms with Crippen molar-refractivity contribution in [1.82, 2.24) is 4.90 Å². The van der Waals surface area contributed by atoms with Crippen LogP contribution in [0.2, 0.25) is 0 Å². The summed E-state index contributed by atoms with van der Waals surface area (Å²) in [5, 5.41) is 0. The topological polar surface area (TPSA) is 84.0 Å². The molecule has 7 heteroatoms. The van der Waals surface area contributed by atoms with E-state index in [0.29, 0.717) is 24.5 Å². The second-order valence-corrected chi connectivity index (χ2v) is 9.09. The minimum absolute atomic E-state index is 0.0660. The highest BCUT2D eigenvalue weighted by Gasteiger charge is 2.48. The monoisotopic (exact) mass is 446 g/mol. The van der Waals surface area contributed by atoms with Gasteiger partial charge in [0.05, 0.1) is 23.4 Å². The molecule has 0 aromatic heterocycles. The molecule has 0 bridgehead atoms. The largest absolute Gasteiger partial charge is 0.426 e. The number of esters is 1. The summed E-state index contributed by atoms with van der Waals surface area (Å²) in [5.41, 5.74) is 1.52. The molecule has 2 aliphatic heterocycles. The fourth-order valence-corrected chi connectivity index (χ4v) is 5.17. The Hall–Kier alpha value is -3.48. The maximum Gasteiger partial charge on any atom is 0.316 e. The molecule has 5 rings (SSSR count). The average molecular weight is 447 g/mol. The third kappa shape index (κ3) is 4.15. The maximum atomic E-state index is 12.8. The molecule has 2 saturated heterocycles. The van der Waals surface area contributed by atoms with E-state index in [0.717, 1.165) is 31.2 Å². The van der Waals surface area contributed by atoms with Crippen LogP contribution >= 0.6 is 0 Å². The summed E-state index contributed by atoms with van der Waals surface area (Å²) in [6, 6.07) is 16.1. The number of nitrogens with zero attached hydrogens (tertiary/aromatic N) is 2. The molecule has 33 heavy (non-hydrogen) atoms. The fourth-order valence-electron chi connectivity index (χ4n) is 5.17. The van der Waals surface area contributed by atoms with E-state index < -0.39 is 11.9 Å². The zero-order valence-electron chi connectivity index (χ0n) is 18.3. The lowest BCUT2D eigenvalue weighted by molar-refractivity contribution is -0.139. The van der Waals surface area contributed by atoms with Crippen molar-refractivity contribution in [2.24, 2.45) is 17.8 Å². The van der Waals surface area contributed by atoms with Gasteiger partial charge in [-0.2, -0.15) is 0 Å². The summed E-state index contributed by atoms with van der Waals surface area (Å²) in [6.45, 7) is 0.794. The van der Waals surface area contributed by atoms with Crippen molar-refractivity contribution < 1.29 is 23.9 Å². The standard InChI is InChI=1S/C26H26N2O5/c29-23-14-18(16-27(23)15-17-6-2-1-3-7-17)26(32)33-20-12-10-19(11-13-20)28-24(30)21-8-4-5-9-22(21)25(28)31/h1-3,6-7,10-13,18,21-22H,4-5,8-9,14-16H2/t18-,21+,22+/m0/s1. The molecule has 170 valence electrons. The molecule has 1 saturated carbocycles. The van der Waals surface area contributed by atoms with Crippen LogP contribution in [0.3, 0.4) is 0 Å². The molecule has 7 nitrogen and oxygen atoms in total. The van der Waals surface area contributed by atoms with Crippen LogP contribution in [0.4, 0.5) is 5.69 Å². The van der Waals surface area contributed by atoms with Crippen LogP contribution in [0.5, 0.6) is 5.75 Å². The van der Waals surface area contributed by atoms with Crippen molar-refractivity contribution in [3.63, 3.8) is 0 Å². The number of hydrogen-bond donors (Lipinski definition) is 0. The number of likely N-dealkylation sites (tertiary alicyclic amines) is 1. The normalized spacial score (nSPS) is 24.8. The van der Waals surface area contributed by atoms with E-state index in [9.17, 15) is 19.2 Å². The van der Waals surface area contributed by atoms with Crippen LogP contribution in [0.1, 0.15) is 37.7 Å². The molecule has 0 unspecified atom stereocenters. The lowest BCUT2D eigenvalue weighted by Crippen LogP contribution is -2.30. The first-order chi connectivity index (χ1) is 16.0. The predicted octanol–water partition coefficient (Wildman–Crippen LogP) is 3.32. The SMILES string of the molecule is O=C(Oc1ccc(N2C(=O)[C@@H]3CCCC[C@H]3C2=O)cc1)[C@H]1CC(=O)N(Cc2ccccc2)C1. The van der Waals surface area contributed by atoms with Gasteiger partial charge in [-0.05, 0) is 42.7 Å². The van der Waals surface area contributed by atoms with Crippen molar-refractivity contribution in [1.29, 1.82) is 0 Å². The summed E-state index contributed by atoms with van der Waals surface area (Å²) >= 11 is 0. The molecule has 3 amide bonds. The first kappa shape index (κ1) is 21.4. The van der Waals surface area contributed by atoms with E-state index in [-0.39, 0.29) is 36.0 Å². The number of anilines is 1. The number of carbonyl (C=O) groups excluding carboxylic acids is 4. The van der Waals surface area contributed by atoms with Crippen LogP contribution in [0, 0.1) is 17.8 Å². The fraction of sp³-hybridized carbons (Fsp3) is 0.385. The molecule has 3 atom stereocenters. The first-order valence-corrected chi connectivity index (χ1v) is 11.5. The summed E-state index contributed by atoms with van der Waals surface area (Å²) in [5.74, 6) is -1.38. The molecule has 0 spiro atoms. The number of rotatable bonds is 5. The van der Waals surface area contributed by atoms with E-state index >= 15 is 0 Å². The first-order valence-electron chi connectivity index (χ1n) is 11.5. The minimum atomic E-state index is -0.522. The van der Waals surface area contributed by atoms with Crippen LogP contribution in [-0.4, -0.2) is 35.1 Å². The molecular formula is C26H26N2O5. The quantitative estimate of drug-likeness (QED) is 0.400. The van der Waals surface area contributed by atoms with E-state index in [4.69, 9.17) is 4.74 Å². The van der Waals surface area contributed by atoms with E-state index in [2.05, 4.69) is 0 Å². The Morgan fingerprint density at radius 2 is 1.52 bits per heavy atom. The zero-order chi connectivity index (χ0) is 22.9. The van der Waals surface area contributed by atoms with Crippen molar-refractivity contribution in [2.45, 2.75) is 38.6 Å². The Bertz CT molecular complexity index is 1060. The third-order valence-corrected chi connectivity index (χ3v) is 6.92. The highest BCUT2D eigenvalue weighted by molar-refractivity contribution is 6.22. The van der Waals surface area contributed by atoms with Crippen LogP contribution < -0.4 is 9.64 Å². The minimum Gasteiger partial charge on any atom is -0.426 e. The zero-order valence-corrected chi connectivity index (χ0v) is 18.3. The lowest BCUT2D eigenvalue weighted by Gasteiger charge is -2.19. The molecular weight excluding hydrogens is 420 g/mol. The smallest absolute Gasteiger partial charge is 0.316 e. The average Bonchev–Trinajstić information content (AvgIpc) is 3.32. The molecule has 1 aliphatic carbocycles. The highest BCUT2D eigenvalue weighted by Crippen LogP contribution is 2.40. The number of fused-ring (bicyclic) bond motifs is 1. The molecule has 2 heterocycles. The van der Waals surface area contributed by atoms with Crippen molar-refractivity contribution in [3.8, 4) is 5.75 Å².